The quantitative estimate of drug-likeness (QED) is 0.807. The minimum absolute atomic E-state index is 0.209. The van der Waals surface area contributed by atoms with Crippen molar-refractivity contribution in [3.8, 4) is 6.07 Å². The standard InChI is InChI=1S/C14H18N4/c15-8-11-7-10-3-1-5-13(10)17-14(11)18-6-2-4-12(16)9-18/h7,12H,1-6,9,16H2. The van der Waals surface area contributed by atoms with E-state index < -0.39 is 0 Å². The molecule has 1 unspecified atom stereocenters. The van der Waals surface area contributed by atoms with E-state index >= 15 is 0 Å². The van der Waals surface area contributed by atoms with Crippen molar-refractivity contribution < 1.29 is 0 Å². The molecule has 1 fully saturated rings. The average molecular weight is 242 g/mol. The molecule has 0 spiro atoms. The van der Waals surface area contributed by atoms with Crippen molar-refractivity contribution in [1.82, 2.24) is 4.98 Å². The summed E-state index contributed by atoms with van der Waals surface area (Å²) in [5.74, 6) is 0.855. The molecule has 0 amide bonds. The maximum atomic E-state index is 9.30. The Bertz CT molecular complexity index is 503. The van der Waals surface area contributed by atoms with Crippen molar-refractivity contribution in [2.75, 3.05) is 18.0 Å². The highest BCUT2D eigenvalue weighted by Crippen LogP contribution is 2.28. The normalized spacial score (nSPS) is 22.7. The van der Waals surface area contributed by atoms with E-state index in [1.165, 1.54) is 11.3 Å². The second-order valence-corrected chi connectivity index (χ2v) is 5.28. The van der Waals surface area contributed by atoms with Gasteiger partial charge in [-0.1, -0.05) is 0 Å². The van der Waals surface area contributed by atoms with Crippen LogP contribution in [0.2, 0.25) is 0 Å². The molecule has 3 rings (SSSR count). The Labute approximate surface area is 107 Å². The molecule has 2 heterocycles. The number of aromatic nitrogens is 1. The van der Waals surface area contributed by atoms with Gasteiger partial charge in [0.15, 0.2) is 0 Å². The first-order chi connectivity index (χ1) is 8.78. The number of nitrogens with zero attached hydrogens (tertiary/aromatic N) is 3. The number of hydrogen-bond acceptors (Lipinski definition) is 4. The highest BCUT2D eigenvalue weighted by atomic mass is 15.2. The van der Waals surface area contributed by atoms with E-state index in [0.29, 0.717) is 5.56 Å². The minimum atomic E-state index is 0.209. The molecular weight excluding hydrogens is 224 g/mol. The van der Waals surface area contributed by atoms with E-state index in [9.17, 15) is 5.26 Å². The first kappa shape index (κ1) is 11.5. The van der Waals surface area contributed by atoms with Gasteiger partial charge in [-0.15, -0.1) is 0 Å². The molecule has 1 atom stereocenters. The lowest BCUT2D eigenvalue weighted by Crippen LogP contribution is -2.43. The Morgan fingerprint density at radius 2 is 2.28 bits per heavy atom. The third-order valence-corrected chi connectivity index (χ3v) is 3.91. The van der Waals surface area contributed by atoms with Gasteiger partial charge in [0.05, 0.1) is 5.56 Å². The van der Waals surface area contributed by atoms with Gasteiger partial charge < -0.3 is 10.6 Å². The van der Waals surface area contributed by atoms with Gasteiger partial charge in [0, 0.05) is 24.8 Å². The van der Waals surface area contributed by atoms with E-state index in [1.54, 1.807) is 0 Å². The van der Waals surface area contributed by atoms with Crippen LogP contribution >= 0.6 is 0 Å². The first-order valence-corrected chi connectivity index (χ1v) is 6.71. The number of fused-ring (bicyclic) bond motifs is 1. The fourth-order valence-corrected chi connectivity index (χ4v) is 2.99. The predicted octanol–water partition coefficient (Wildman–Crippen LogP) is 1.37. The van der Waals surface area contributed by atoms with E-state index in [4.69, 9.17) is 10.7 Å². The third kappa shape index (κ3) is 1.95. The molecule has 18 heavy (non-hydrogen) atoms. The van der Waals surface area contributed by atoms with Crippen LogP contribution in [0.5, 0.6) is 0 Å². The van der Waals surface area contributed by atoms with Crippen LogP contribution in [0.15, 0.2) is 6.07 Å². The summed E-state index contributed by atoms with van der Waals surface area (Å²) < 4.78 is 0. The fraction of sp³-hybridized carbons (Fsp3) is 0.571. The maximum absolute atomic E-state index is 9.30. The van der Waals surface area contributed by atoms with E-state index in [2.05, 4.69) is 11.0 Å². The smallest absolute Gasteiger partial charge is 0.146 e. The summed E-state index contributed by atoms with van der Waals surface area (Å²) in [7, 11) is 0. The number of hydrogen-bond donors (Lipinski definition) is 1. The zero-order chi connectivity index (χ0) is 12.5. The summed E-state index contributed by atoms with van der Waals surface area (Å²) in [6.45, 7) is 1.79. The molecule has 0 aromatic carbocycles. The number of pyridine rings is 1. The van der Waals surface area contributed by atoms with Gasteiger partial charge >= 0.3 is 0 Å². The largest absolute Gasteiger partial charge is 0.354 e. The molecule has 1 aromatic heterocycles. The van der Waals surface area contributed by atoms with E-state index in [0.717, 1.165) is 51.0 Å². The number of aryl methyl sites for hydroxylation is 2. The SMILES string of the molecule is N#Cc1cc2c(nc1N1CCCC(N)C1)CCC2. The molecule has 1 aliphatic carbocycles. The molecule has 1 aliphatic heterocycles. The van der Waals surface area contributed by atoms with E-state index in [-0.39, 0.29) is 6.04 Å². The molecule has 0 saturated carbocycles. The lowest BCUT2D eigenvalue weighted by atomic mass is 10.1. The predicted molar refractivity (Wildman–Crippen MR) is 70.4 cm³/mol. The second kappa shape index (κ2) is 4.58. The third-order valence-electron chi connectivity index (χ3n) is 3.91. The molecule has 0 bridgehead atoms. The summed E-state index contributed by atoms with van der Waals surface area (Å²) in [5, 5.41) is 9.30. The molecule has 94 valence electrons. The molecule has 4 heteroatoms. The Morgan fingerprint density at radius 3 is 3.06 bits per heavy atom. The monoisotopic (exact) mass is 242 g/mol. The van der Waals surface area contributed by atoms with Gasteiger partial charge in [0.1, 0.15) is 11.9 Å². The van der Waals surface area contributed by atoms with Crippen LogP contribution in [-0.4, -0.2) is 24.1 Å². The van der Waals surface area contributed by atoms with Gasteiger partial charge in [-0.3, -0.25) is 0 Å². The second-order valence-electron chi connectivity index (χ2n) is 5.28. The molecule has 4 nitrogen and oxygen atoms in total. The molecule has 2 N–H and O–H groups in total. The molecule has 2 aliphatic rings. The van der Waals surface area contributed by atoms with Crippen molar-refractivity contribution >= 4 is 5.82 Å². The summed E-state index contributed by atoms with van der Waals surface area (Å²) in [4.78, 5) is 6.92. The summed E-state index contributed by atoms with van der Waals surface area (Å²) in [6, 6.07) is 4.53. The Kier molecular flexibility index (Phi) is 2.92. The lowest BCUT2D eigenvalue weighted by Gasteiger charge is -2.32. The highest BCUT2D eigenvalue weighted by Gasteiger charge is 2.23. The lowest BCUT2D eigenvalue weighted by molar-refractivity contribution is 0.502. The van der Waals surface area contributed by atoms with Gasteiger partial charge in [-0.05, 0) is 43.7 Å². The van der Waals surface area contributed by atoms with Crippen LogP contribution in [-0.2, 0) is 12.8 Å². The Balaban J connectivity index is 1.98. The van der Waals surface area contributed by atoms with Crippen LogP contribution in [0, 0.1) is 11.3 Å². The number of piperidine rings is 1. The maximum Gasteiger partial charge on any atom is 0.146 e. The average Bonchev–Trinajstić information content (AvgIpc) is 2.84. The van der Waals surface area contributed by atoms with Crippen molar-refractivity contribution in [1.29, 1.82) is 5.26 Å². The molecule has 0 radical (unpaired) electrons. The van der Waals surface area contributed by atoms with Gasteiger partial charge in [-0.25, -0.2) is 4.98 Å². The van der Waals surface area contributed by atoms with Crippen molar-refractivity contribution in [3.05, 3.63) is 22.9 Å². The highest BCUT2D eigenvalue weighted by molar-refractivity contribution is 5.57. The topological polar surface area (TPSA) is 65.9 Å². The Morgan fingerprint density at radius 1 is 1.39 bits per heavy atom. The summed E-state index contributed by atoms with van der Waals surface area (Å²) >= 11 is 0. The van der Waals surface area contributed by atoms with Crippen LogP contribution < -0.4 is 10.6 Å². The zero-order valence-electron chi connectivity index (χ0n) is 10.5. The molecule has 1 saturated heterocycles. The number of nitriles is 1. The summed E-state index contributed by atoms with van der Waals surface area (Å²) in [6.07, 6.45) is 5.44. The Hall–Kier alpha value is -1.60. The van der Waals surface area contributed by atoms with Gasteiger partial charge in [0.2, 0.25) is 0 Å². The van der Waals surface area contributed by atoms with Gasteiger partial charge in [0.25, 0.3) is 0 Å². The van der Waals surface area contributed by atoms with Crippen LogP contribution in [0.1, 0.15) is 36.1 Å². The first-order valence-electron chi connectivity index (χ1n) is 6.71. The minimum Gasteiger partial charge on any atom is -0.354 e. The van der Waals surface area contributed by atoms with Crippen molar-refractivity contribution in [2.45, 2.75) is 38.1 Å². The number of rotatable bonds is 1. The van der Waals surface area contributed by atoms with Crippen LogP contribution in [0.25, 0.3) is 0 Å². The van der Waals surface area contributed by atoms with Crippen molar-refractivity contribution in [2.24, 2.45) is 5.73 Å². The van der Waals surface area contributed by atoms with Gasteiger partial charge in [-0.2, -0.15) is 5.26 Å². The fourth-order valence-electron chi connectivity index (χ4n) is 2.99. The number of anilines is 1. The summed E-state index contributed by atoms with van der Waals surface area (Å²) in [5.41, 5.74) is 9.17. The van der Waals surface area contributed by atoms with Crippen LogP contribution in [0.3, 0.4) is 0 Å². The van der Waals surface area contributed by atoms with Crippen LogP contribution in [0.4, 0.5) is 5.82 Å². The number of nitrogens with two attached hydrogens (primary N) is 1. The molecular formula is C14H18N4. The van der Waals surface area contributed by atoms with Crippen molar-refractivity contribution in [3.63, 3.8) is 0 Å². The molecule has 1 aromatic rings. The zero-order valence-corrected chi connectivity index (χ0v) is 10.5. The van der Waals surface area contributed by atoms with E-state index in [1.807, 2.05) is 6.07 Å².